The smallest absolute Gasteiger partial charge is 0.472 e. The van der Waals surface area contributed by atoms with E-state index < -0.39 is 51.1 Å². The Kier molecular flexibility index (Phi) is 33.7. The van der Waals surface area contributed by atoms with Gasteiger partial charge in [-0.1, -0.05) is 120 Å². The fourth-order valence-corrected chi connectivity index (χ4v) is 5.73. The summed E-state index contributed by atoms with van der Waals surface area (Å²) in [5.41, 5.74) is 5.32. The molecule has 0 fully saturated rings. The number of aliphatic carboxylic acids is 1. The molecule has 0 aromatic rings. The van der Waals surface area contributed by atoms with Gasteiger partial charge in [-0.2, -0.15) is 0 Å². The maximum atomic E-state index is 12.6. The van der Waals surface area contributed by atoms with Gasteiger partial charge in [0, 0.05) is 12.8 Å². The average molecular weight is 756 g/mol. The van der Waals surface area contributed by atoms with Gasteiger partial charge in [-0.05, 0) is 70.6 Å². The molecule has 52 heavy (non-hydrogen) atoms. The van der Waals surface area contributed by atoms with Crippen molar-refractivity contribution in [3.05, 3.63) is 48.6 Å². The lowest BCUT2D eigenvalue weighted by molar-refractivity contribution is -0.161. The van der Waals surface area contributed by atoms with E-state index in [0.717, 1.165) is 89.9 Å². The van der Waals surface area contributed by atoms with Gasteiger partial charge in [-0.25, -0.2) is 4.57 Å². The molecule has 11 nitrogen and oxygen atoms in total. The van der Waals surface area contributed by atoms with E-state index in [2.05, 4.69) is 67.0 Å². The van der Waals surface area contributed by atoms with Gasteiger partial charge in [-0.3, -0.25) is 23.4 Å². The average Bonchev–Trinajstić information content (AvgIpc) is 3.12. The van der Waals surface area contributed by atoms with Crippen molar-refractivity contribution < 1.29 is 47.5 Å². The number of unbranched alkanes of at least 4 members (excludes halogenated alkanes) is 14. The standard InChI is InChI=1S/C40H70NO10P/c1-3-5-7-9-11-13-15-17-18-20-21-23-25-27-29-31-38(42)48-33-36(34-49-52(46,47)50-35-37(41)40(44)45)51-39(43)32-30-28-26-24-22-19-16-14-12-10-8-6-4-2/h5,7,11,13-14,16-18,36-37H,3-4,6,8-10,12,15,19-35,41H2,1-2H3,(H,44,45)(H,46,47)/t36-,37+/m1/s1. The summed E-state index contributed by atoms with van der Waals surface area (Å²) in [6.45, 7) is 2.62. The first kappa shape index (κ1) is 49.4. The summed E-state index contributed by atoms with van der Waals surface area (Å²) in [5.74, 6) is -2.42. The summed E-state index contributed by atoms with van der Waals surface area (Å²) in [7, 11) is -4.72. The molecule has 0 heterocycles. The van der Waals surface area contributed by atoms with E-state index in [0.29, 0.717) is 12.8 Å². The predicted molar refractivity (Wildman–Crippen MR) is 208 cm³/mol. The van der Waals surface area contributed by atoms with Gasteiger partial charge in [0.15, 0.2) is 6.10 Å². The van der Waals surface area contributed by atoms with Crippen molar-refractivity contribution in [3.63, 3.8) is 0 Å². The first-order valence-corrected chi connectivity index (χ1v) is 21.2. The van der Waals surface area contributed by atoms with Crippen LogP contribution >= 0.6 is 7.82 Å². The Morgan fingerprint density at radius 3 is 1.63 bits per heavy atom. The molecule has 0 rings (SSSR count). The van der Waals surface area contributed by atoms with Gasteiger partial charge in [0.05, 0.1) is 13.2 Å². The molecule has 0 saturated heterocycles. The van der Waals surface area contributed by atoms with E-state index in [1.165, 1.54) is 25.7 Å². The Hall–Kier alpha value is -2.56. The number of carbonyl (C=O) groups is 3. The van der Waals surface area contributed by atoms with Gasteiger partial charge < -0.3 is 25.2 Å². The van der Waals surface area contributed by atoms with Crippen LogP contribution in [-0.2, 0) is 37.5 Å². The second-order valence-corrected chi connectivity index (χ2v) is 14.5. The van der Waals surface area contributed by atoms with Crippen molar-refractivity contribution in [2.24, 2.45) is 5.73 Å². The van der Waals surface area contributed by atoms with Crippen molar-refractivity contribution in [1.29, 1.82) is 0 Å². The second kappa shape index (κ2) is 35.5. The van der Waals surface area contributed by atoms with Crippen molar-refractivity contribution in [3.8, 4) is 0 Å². The predicted octanol–water partition coefficient (Wildman–Crippen LogP) is 9.83. The largest absolute Gasteiger partial charge is 0.480 e. The zero-order valence-electron chi connectivity index (χ0n) is 32.1. The van der Waals surface area contributed by atoms with E-state index in [4.69, 9.17) is 24.8 Å². The van der Waals surface area contributed by atoms with E-state index in [9.17, 15) is 23.8 Å². The van der Waals surface area contributed by atoms with Crippen LogP contribution in [0.15, 0.2) is 48.6 Å². The fraction of sp³-hybridized carbons (Fsp3) is 0.725. The molecule has 12 heteroatoms. The summed E-state index contributed by atoms with van der Waals surface area (Å²) in [6, 6.07) is -1.53. The molecule has 0 aromatic heterocycles. The van der Waals surface area contributed by atoms with E-state index in [-0.39, 0.29) is 19.4 Å². The Bertz CT molecular complexity index is 1070. The maximum Gasteiger partial charge on any atom is 0.472 e. The highest BCUT2D eigenvalue weighted by molar-refractivity contribution is 7.47. The molecule has 4 N–H and O–H groups in total. The van der Waals surface area contributed by atoms with Gasteiger partial charge in [0.2, 0.25) is 0 Å². The van der Waals surface area contributed by atoms with Crippen molar-refractivity contribution >= 4 is 25.7 Å². The minimum absolute atomic E-state index is 0.145. The van der Waals surface area contributed by atoms with Crippen LogP contribution in [0.25, 0.3) is 0 Å². The van der Waals surface area contributed by atoms with Crippen molar-refractivity contribution in [1.82, 2.24) is 0 Å². The van der Waals surface area contributed by atoms with Crippen LogP contribution in [-0.4, -0.2) is 59.9 Å². The Morgan fingerprint density at radius 1 is 0.615 bits per heavy atom. The van der Waals surface area contributed by atoms with E-state index in [1.54, 1.807) is 0 Å². The number of rotatable bonds is 36. The number of phosphoric ester groups is 1. The second-order valence-electron chi connectivity index (χ2n) is 13.0. The van der Waals surface area contributed by atoms with Crippen LogP contribution in [0.2, 0.25) is 0 Å². The van der Waals surface area contributed by atoms with Gasteiger partial charge in [0.25, 0.3) is 0 Å². The monoisotopic (exact) mass is 755 g/mol. The number of carbonyl (C=O) groups excluding carboxylic acids is 2. The molecule has 0 aliphatic heterocycles. The van der Waals surface area contributed by atoms with E-state index >= 15 is 0 Å². The van der Waals surface area contributed by atoms with E-state index in [1.807, 2.05) is 0 Å². The molecule has 0 spiro atoms. The third kappa shape index (κ3) is 34.5. The lowest BCUT2D eigenvalue weighted by atomic mass is 10.1. The molecule has 0 aromatic carbocycles. The number of nitrogens with two attached hydrogens (primary N) is 1. The lowest BCUT2D eigenvalue weighted by Gasteiger charge is -2.20. The Labute approximate surface area is 314 Å². The molecule has 1 unspecified atom stereocenters. The first-order valence-electron chi connectivity index (χ1n) is 19.7. The Balaban J connectivity index is 4.47. The zero-order valence-corrected chi connectivity index (χ0v) is 33.0. The molecular weight excluding hydrogens is 685 g/mol. The molecule has 300 valence electrons. The SMILES string of the molecule is CCC=CCC=CCC=CCCCCCCCC(=O)OC[C@H](COP(=O)(O)OC[C@H](N)C(=O)O)OC(=O)CCCCCCCC=CCCCCCC. The molecular formula is C40H70NO10P. The summed E-state index contributed by atoms with van der Waals surface area (Å²) in [6.07, 6.45) is 37.5. The highest BCUT2D eigenvalue weighted by Gasteiger charge is 2.28. The minimum atomic E-state index is -4.72. The molecule has 0 radical (unpaired) electrons. The summed E-state index contributed by atoms with van der Waals surface area (Å²) in [5, 5.41) is 8.86. The van der Waals surface area contributed by atoms with Gasteiger partial charge >= 0.3 is 25.7 Å². The highest BCUT2D eigenvalue weighted by atomic mass is 31.2. The molecule has 0 saturated carbocycles. The highest BCUT2D eigenvalue weighted by Crippen LogP contribution is 2.43. The van der Waals surface area contributed by atoms with Crippen LogP contribution in [0.4, 0.5) is 0 Å². The number of carboxylic acids is 1. The van der Waals surface area contributed by atoms with Crippen LogP contribution in [0.3, 0.4) is 0 Å². The summed E-state index contributed by atoms with van der Waals surface area (Å²) >= 11 is 0. The van der Waals surface area contributed by atoms with Crippen LogP contribution in [0, 0.1) is 0 Å². The Morgan fingerprint density at radius 2 is 1.08 bits per heavy atom. The van der Waals surface area contributed by atoms with Crippen LogP contribution in [0.1, 0.15) is 155 Å². The van der Waals surface area contributed by atoms with Gasteiger partial charge in [-0.15, -0.1) is 0 Å². The molecule has 3 atom stereocenters. The van der Waals surface area contributed by atoms with Crippen LogP contribution < -0.4 is 5.73 Å². The van der Waals surface area contributed by atoms with Crippen molar-refractivity contribution in [2.45, 2.75) is 167 Å². The summed E-state index contributed by atoms with van der Waals surface area (Å²) in [4.78, 5) is 45.8. The molecule has 0 aliphatic carbocycles. The number of hydrogen-bond donors (Lipinski definition) is 3. The quantitative estimate of drug-likeness (QED) is 0.0241. The normalized spacial score (nSPS) is 14.4. The fourth-order valence-electron chi connectivity index (χ4n) is 4.95. The maximum absolute atomic E-state index is 12.6. The number of esters is 2. The van der Waals surface area contributed by atoms with Crippen molar-refractivity contribution in [2.75, 3.05) is 19.8 Å². The number of carboxylic acid groups (broad SMARTS) is 1. The first-order chi connectivity index (χ1) is 25.1. The molecule has 0 bridgehead atoms. The number of ether oxygens (including phenoxy) is 2. The molecule has 0 aliphatic rings. The third-order valence-corrected chi connectivity index (χ3v) is 9.01. The third-order valence-electron chi connectivity index (χ3n) is 8.06. The number of hydrogen-bond acceptors (Lipinski definition) is 9. The lowest BCUT2D eigenvalue weighted by Crippen LogP contribution is -2.34. The topological polar surface area (TPSA) is 172 Å². The number of phosphoric acid groups is 1. The molecule has 0 amide bonds. The minimum Gasteiger partial charge on any atom is -0.480 e. The van der Waals surface area contributed by atoms with Crippen LogP contribution in [0.5, 0.6) is 0 Å². The van der Waals surface area contributed by atoms with Gasteiger partial charge in [0.1, 0.15) is 12.6 Å². The zero-order chi connectivity index (χ0) is 38.5. The number of allylic oxidation sites excluding steroid dienone is 8. The summed E-state index contributed by atoms with van der Waals surface area (Å²) < 4.78 is 32.6.